The van der Waals surface area contributed by atoms with E-state index >= 15 is 0 Å². The summed E-state index contributed by atoms with van der Waals surface area (Å²) < 4.78 is 53.9. The molecule has 3 rings (SSSR count). The monoisotopic (exact) mass is 405 g/mol. The molecule has 27 heavy (non-hydrogen) atoms. The van der Waals surface area contributed by atoms with Crippen molar-refractivity contribution in [2.45, 2.75) is 9.79 Å². The van der Waals surface area contributed by atoms with Crippen LogP contribution in [0.15, 0.2) is 76.8 Å². The minimum absolute atomic E-state index is 0.0382. The highest BCUT2D eigenvalue weighted by Gasteiger charge is 2.17. The van der Waals surface area contributed by atoms with E-state index in [0.717, 1.165) is 0 Å². The lowest BCUT2D eigenvalue weighted by Gasteiger charge is -2.10. The van der Waals surface area contributed by atoms with Gasteiger partial charge in [0.2, 0.25) is 5.95 Å². The van der Waals surface area contributed by atoms with E-state index < -0.39 is 20.0 Å². The van der Waals surface area contributed by atoms with Crippen molar-refractivity contribution in [1.82, 2.24) is 9.97 Å². The second-order valence-electron chi connectivity index (χ2n) is 5.38. The Morgan fingerprint density at radius 3 is 1.74 bits per heavy atom. The Kier molecular flexibility index (Phi) is 4.97. The number of hydrogen-bond acceptors (Lipinski definition) is 7. The van der Waals surface area contributed by atoms with Gasteiger partial charge in [0.05, 0.1) is 9.79 Å². The Morgan fingerprint density at radius 1 is 0.704 bits per heavy atom. The second-order valence-corrected chi connectivity index (χ2v) is 8.74. The Morgan fingerprint density at radius 2 is 1.19 bits per heavy atom. The standard InChI is InChI=1S/C16H15N5O4S2/c17-12-2-6-14(7-3-12)26(22,23)20-13-4-8-15(9-5-13)27(24,25)21-16-18-10-1-11-19-16/h1-11,20H,17H2,(H,18,19,21). The summed E-state index contributed by atoms with van der Waals surface area (Å²) in [6.45, 7) is 0. The molecule has 0 aliphatic rings. The van der Waals surface area contributed by atoms with E-state index in [0.29, 0.717) is 5.69 Å². The quantitative estimate of drug-likeness (QED) is 0.529. The first-order chi connectivity index (χ1) is 12.8. The number of aromatic nitrogens is 2. The Bertz CT molecular complexity index is 1130. The molecular weight excluding hydrogens is 390 g/mol. The van der Waals surface area contributed by atoms with Crippen LogP contribution in [0.5, 0.6) is 0 Å². The minimum atomic E-state index is -3.90. The highest BCUT2D eigenvalue weighted by Crippen LogP contribution is 2.20. The molecule has 9 nitrogen and oxygen atoms in total. The normalized spacial score (nSPS) is 11.7. The van der Waals surface area contributed by atoms with Crippen LogP contribution in [0.1, 0.15) is 0 Å². The maximum Gasteiger partial charge on any atom is 0.264 e. The predicted molar refractivity (Wildman–Crippen MR) is 101 cm³/mol. The van der Waals surface area contributed by atoms with Gasteiger partial charge < -0.3 is 5.73 Å². The van der Waals surface area contributed by atoms with Gasteiger partial charge in [-0.25, -0.2) is 31.5 Å². The number of benzene rings is 2. The van der Waals surface area contributed by atoms with E-state index in [9.17, 15) is 16.8 Å². The molecule has 1 aromatic heterocycles. The summed E-state index contributed by atoms with van der Waals surface area (Å²) in [7, 11) is -7.71. The molecule has 0 aliphatic carbocycles. The van der Waals surface area contributed by atoms with Crippen LogP contribution in [0.2, 0.25) is 0 Å². The van der Waals surface area contributed by atoms with Gasteiger partial charge in [-0.15, -0.1) is 0 Å². The lowest BCUT2D eigenvalue weighted by atomic mass is 10.3. The fourth-order valence-corrected chi connectivity index (χ4v) is 4.11. The van der Waals surface area contributed by atoms with Crippen LogP contribution in [-0.4, -0.2) is 26.8 Å². The smallest absolute Gasteiger partial charge is 0.264 e. The minimum Gasteiger partial charge on any atom is -0.399 e. The largest absolute Gasteiger partial charge is 0.399 e. The zero-order valence-corrected chi connectivity index (χ0v) is 15.4. The molecule has 0 atom stereocenters. The molecular formula is C16H15N5O4S2. The SMILES string of the molecule is Nc1ccc(S(=O)(=O)Nc2ccc(S(=O)(=O)Nc3ncccn3)cc2)cc1. The van der Waals surface area contributed by atoms with E-state index in [2.05, 4.69) is 19.4 Å². The third-order valence-electron chi connectivity index (χ3n) is 3.40. The number of nitrogen functional groups attached to an aromatic ring is 1. The molecule has 1 heterocycles. The number of nitrogens with one attached hydrogen (secondary N) is 2. The van der Waals surface area contributed by atoms with E-state index in [1.807, 2.05) is 0 Å². The van der Waals surface area contributed by atoms with Gasteiger partial charge in [0, 0.05) is 23.8 Å². The number of nitrogens with zero attached hydrogens (tertiary/aromatic N) is 2. The van der Waals surface area contributed by atoms with E-state index in [1.165, 1.54) is 60.9 Å². The number of sulfonamides is 2. The van der Waals surface area contributed by atoms with Crippen LogP contribution in [-0.2, 0) is 20.0 Å². The number of rotatable bonds is 6. The first-order valence-electron chi connectivity index (χ1n) is 7.54. The second kappa shape index (κ2) is 7.21. The third-order valence-corrected chi connectivity index (χ3v) is 6.14. The summed E-state index contributed by atoms with van der Waals surface area (Å²) >= 11 is 0. The molecule has 11 heteroatoms. The van der Waals surface area contributed by atoms with Crippen molar-refractivity contribution in [2.24, 2.45) is 0 Å². The topological polar surface area (TPSA) is 144 Å². The van der Waals surface area contributed by atoms with Crippen LogP contribution in [0, 0.1) is 0 Å². The van der Waals surface area contributed by atoms with Crippen molar-refractivity contribution in [1.29, 1.82) is 0 Å². The molecule has 0 amide bonds. The van der Waals surface area contributed by atoms with Gasteiger partial charge in [0.25, 0.3) is 20.0 Å². The number of anilines is 3. The molecule has 4 N–H and O–H groups in total. The van der Waals surface area contributed by atoms with Crippen LogP contribution >= 0.6 is 0 Å². The summed E-state index contributed by atoms with van der Waals surface area (Å²) in [5, 5.41) is 0. The fourth-order valence-electron chi connectivity index (χ4n) is 2.09. The Labute approximate surface area is 156 Å². The number of nitrogens with two attached hydrogens (primary N) is 1. The molecule has 0 spiro atoms. The first kappa shape index (κ1) is 18.6. The molecule has 0 aliphatic heterocycles. The van der Waals surface area contributed by atoms with Gasteiger partial charge in [0.1, 0.15) is 0 Å². The zero-order chi connectivity index (χ0) is 19.5. The predicted octanol–water partition coefficient (Wildman–Crippen LogP) is 1.66. The van der Waals surface area contributed by atoms with Crippen LogP contribution in [0.3, 0.4) is 0 Å². The summed E-state index contributed by atoms with van der Waals surface area (Å²) in [5.74, 6) is -0.0642. The van der Waals surface area contributed by atoms with Crippen LogP contribution in [0.4, 0.5) is 17.3 Å². The Hall–Kier alpha value is -3.18. The van der Waals surface area contributed by atoms with E-state index in [4.69, 9.17) is 5.73 Å². The van der Waals surface area contributed by atoms with Crippen molar-refractivity contribution in [3.8, 4) is 0 Å². The van der Waals surface area contributed by atoms with Gasteiger partial charge in [-0.3, -0.25) is 4.72 Å². The average molecular weight is 405 g/mol. The van der Waals surface area contributed by atoms with E-state index in [1.54, 1.807) is 6.07 Å². The van der Waals surface area contributed by atoms with Gasteiger partial charge >= 0.3 is 0 Å². The zero-order valence-electron chi connectivity index (χ0n) is 13.8. The third kappa shape index (κ3) is 4.51. The number of hydrogen-bond donors (Lipinski definition) is 3. The van der Waals surface area contributed by atoms with Crippen molar-refractivity contribution in [3.05, 3.63) is 67.0 Å². The molecule has 0 fully saturated rings. The molecule has 0 radical (unpaired) electrons. The van der Waals surface area contributed by atoms with Crippen molar-refractivity contribution in [2.75, 3.05) is 15.2 Å². The van der Waals surface area contributed by atoms with Crippen molar-refractivity contribution in [3.63, 3.8) is 0 Å². The summed E-state index contributed by atoms with van der Waals surface area (Å²) in [6.07, 6.45) is 2.81. The van der Waals surface area contributed by atoms with Crippen LogP contribution < -0.4 is 15.2 Å². The van der Waals surface area contributed by atoms with Crippen molar-refractivity contribution >= 4 is 37.4 Å². The lowest BCUT2D eigenvalue weighted by Crippen LogP contribution is -2.15. The first-order valence-corrected chi connectivity index (χ1v) is 10.5. The van der Waals surface area contributed by atoms with Gasteiger partial charge in [-0.1, -0.05) is 0 Å². The molecule has 0 saturated heterocycles. The lowest BCUT2D eigenvalue weighted by molar-refractivity contribution is 0.599. The molecule has 3 aromatic rings. The molecule has 2 aromatic carbocycles. The fraction of sp³-hybridized carbons (Fsp3) is 0. The Balaban J connectivity index is 1.78. The molecule has 0 unspecified atom stereocenters. The maximum atomic E-state index is 12.3. The van der Waals surface area contributed by atoms with Crippen LogP contribution in [0.25, 0.3) is 0 Å². The van der Waals surface area contributed by atoms with Gasteiger partial charge in [-0.2, -0.15) is 0 Å². The van der Waals surface area contributed by atoms with Gasteiger partial charge in [-0.05, 0) is 54.6 Å². The van der Waals surface area contributed by atoms with E-state index in [-0.39, 0.29) is 21.4 Å². The highest BCUT2D eigenvalue weighted by atomic mass is 32.2. The highest BCUT2D eigenvalue weighted by molar-refractivity contribution is 7.93. The summed E-state index contributed by atoms with van der Waals surface area (Å²) in [6, 6.07) is 12.5. The molecule has 140 valence electrons. The maximum absolute atomic E-state index is 12.3. The molecule has 0 bridgehead atoms. The van der Waals surface area contributed by atoms with Crippen molar-refractivity contribution < 1.29 is 16.8 Å². The van der Waals surface area contributed by atoms with Gasteiger partial charge in [0.15, 0.2) is 0 Å². The average Bonchev–Trinajstić information content (AvgIpc) is 2.63. The summed E-state index contributed by atoms with van der Waals surface area (Å²) in [5.41, 5.74) is 6.20. The summed E-state index contributed by atoms with van der Waals surface area (Å²) in [4.78, 5) is 7.56. The molecule has 0 saturated carbocycles.